The van der Waals surface area contributed by atoms with Gasteiger partial charge in [0.1, 0.15) is 23.6 Å². The van der Waals surface area contributed by atoms with Crippen LogP contribution in [0.15, 0.2) is 55.0 Å². The maximum Gasteiger partial charge on any atom is 0.380 e. The predicted molar refractivity (Wildman–Crippen MR) is 138 cm³/mol. The molecule has 3 aromatic rings. The molecule has 2 heterocycles. The van der Waals surface area contributed by atoms with Crippen LogP contribution < -0.4 is 18.8 Å². The van der Waals surface area contributed by atoms with Crippen LogP contribution in [-0.2, 0) is 16.8 Å². The first-order chi connectivity index (χ1) is 17.6. The molecule has 2 N–H and O–H groups in total. The molecule has 198 valence electrons. The molecule has 12 heteroatoms. The molecule has 0 spiro atoms. The topological polar surface area (TPSA) is 129 Å². The standard InChI is InChI=1S/C25H31N5O6S/c1-28(20-7-9-29(10-8-20)15-18-11-22(34-2)14-23(12-18)35-3)25(31)30-16-24(27-17-30)19-5-4-6-21(13-19)36-37(26,32)33/h4-6,11-14,16-17,20H,7-10,15H2,1-3H3,(H2,26,32,33). The molecule has 0 aliphatic carbocycles. The molecule has 0 atom stereocenters. The second kappa shape index (κ2) is 11.2. The van der Waals surface area contributed by atoms with Gasteiger partial charge in [-0.25, -0.2) is 9.78 Å². The predicted octanol–water partition coefficient (Wildman–Crippen LogP) is 2.71. The summed E-state index contributed by atoms with van der Waals surface area (Å²) in [6.07, 6.45) is 4.75. The number of ether oxygens (including phenoxy) is 2. The summed E-state index contributed by atoms with van der Waals surface area (Å²) in [6, 6.07) is 12.1. The molecular weight excluding hydrogens is 498 g/mol. The summed E-state index contributed by atoms with van der Waals surface area (Å²) in [7, 11) is 0.942. The normalized spacial score (nSPS) is 14.8. The minimum absolute atomic E-state index is 0.0668. The van der Waals surface area contributed by atoms with E-state index in [0.717, 1.165) is 49.5 Å². The fourth-order valence-corrected chi connectivity index (χ4v) is 4.81. The Bertz CT molecular complexity index is 1330. The van der Waals surface area contributed by atoms with Crippen LogP contribution in [0.4, 0.5) is 4.79 Å². The Hall–Kier alpha value is -3.61. The Balaban J connectivity index is 1.36. The van der Waals surface area contributed by atoms with Crippen molar-refractivity contribution in [2.75, 3.05) is 34.4 Å². The first-order valence-corrected chi connectivity index (χ1v) is 13.2. The van der Waals surface area contributed by atoms with Crippen LogP contribution >= 0.6 is 0 Å². The van der Waals surface area contributed by atoms with Gasteiger partial charge in [0.15, 0.2) is 0 Å². The monoisotopic (exact) mass is 529 g/mol. The van der Waals surface area contributed by atoms with Crippen molar-refractivity contribution >= 4 is 16.3 Å². The molecule has 0 radical (unpaired) electrons. The van der Waals surface area contributed by atoms with Gasteiger partial charge in [0.25, 0.3) is 0 Å². The molecule has 0 unspecified atom stereocenters. The first kappa shape index (κ1) is 26.5. The van der Waals surface area contributed by atoms with Crippen molar-refractivity contribution in [1.29, 1.82) is 0 Å². The molecule has 2 aromatic carbocycles. The third kappa shape index (κ3) is 6.79. The maximum atomic E-state index is 13.1. The smallest absolute Gasteiger partial charge is 0.380 e. The van der Waals surface area contributed by atoms with E-state index in [0.29, 0.717) is 11.3 Å². The van der Waals surface area contributed by atoms with E-state index in [4.69, 9.17) is 18.8 Å². The number of benzene rings is 2. The van der Waals surface area contributed by atoms with E-state index in [1.54, 1.807) is 44.5 Å². The summed E-state index contributed by atoms with van der Waals surface area (Å²) < 4.78 is 39.3. The molecule has 1 amide bonds. The summed E-state index contributed by atoms with van der Waals surface area (Å²) in [5.41, 5.74) is 2.21. The highest BCUT2D eigenvalue weighted by molar-refractivity contribution is 7.84. The molecule has 4 rings (SSSR count). The third-order valence-corrected chi connectivity index (χ3v) is 6.79. The molecule has 1 aliphatic rings. The molecular formula is C25H31N5O6S. The maximum absolute atomic E-state index is 13.1. The van der Waals surface area contributed by atoms with E-state index in [9.17, 15) is 13.2 Å². The van der Waals surface area contributed by atoms with Crippen molar-refractivity contribution in [2.45, 2.75) is 25.4 Å². The highest BCUT2D eigenvalue weighted by atomic mass is 32.2. The fraction of sp³-hybridized carbons (Fsp3) is 0.360. The quantitative estimate of drug-likeness (QED) is 0.472. The lowest BCUT2D eigenvalue weighted by Crippen LogP contribution is -2.46. The number of amides is 1. The van der Waals surface area contributed by atoms with E-state index in [1.165, 1.54) is 23.0 Å². The SMILES string of the molecule is COc1cc(CN2CCC(N(C)C(=O)n3cnc(-c4cccc(OS(N)(=O)=O)c4)c3)CC2)cc(OC)c1. The number of imidazole rings is 1. The van der Waals surface area contributed by atoms with E-state index in [-0.39, 0.29) is 17.8 Å². The number of carbonyl (C=O) groups is 1. The number of carbonyl (C=O) groups excluding carboxylic acids is 1. The van der Waals surface area contributed by atoms with Crippen molar-refractivity contribution in [3.8, 4) is 28.5 Å². The van der Waals surface area contributed by atoms with Gasteiger partial charge >= 0.3 is 16.3 Å². The van der Waals surface area contributed by atoms with Gasteiger partial charge in [-0.15, -0.1) is 0 Å². The van der Waals surface area contributed by atoms with Gasteiger partial charge in [-0.05, 0) is 42.7 Å². The minimum atomic E-state index is -4.14. The minimum Gasteiger partial charge on any atom is -0.497 e. The molecule has 1 saturated heterocycles. The van der Waals surface area contributed by atoms with Crippen LogP contribution in [0.1, 0.15) is 18.4 Å². The highest BCUT2D eigenvalue weighted by Gasteiger charge is 2.26. The van der Waals surface area contributed by atoms with Crippen molar-refractivity contribution in [2.24, 2.45) is 5.14 Å². The van der Waals surface area contributed by atoms with Crippen LogP contribution in [0.3, 0.4) is 0 Å². The molecule has 37 heavy (non-hydrogen) atoms. The zero-order valence-electron chi connectivity index (χ0n) is 21.0. The molecule has 0 saturated carbocycles. The lowest BCUT2D eigenvalue weighted by molar-refractivity contribution is 0.131. The number of nitrogens with two attached hydrogens (primary N) is 1. The lowest BCUT2D eigenvalue weighted by atomic mass is 10.0. The van der Waals surface area contributed by atoms with Crippen LogP contribution in [0, 0.1) is 0 Å². The average molecular weight is 530 g/mol. The Labute approximate surface area is 216 Å². The van der Waals surface area contributed by atoms with Crippen molar-refractivity contribution in [1.82, 2.24) is 19.4 Å². The second-order valence-corrected chi connectivity index (χ2v) is 10.0. The number of piperidine rings is 1. The third-order valence-electron chi connectivity index (χ3n) is 6.37. The van der Waals surface area contributed by atoms with E-state index in [2.05, 4.69) is 9.88 Å². The summed E-state index contributed by atoms with van der Waals surface area (Å²) in [5.74, 6) is 1.59. The Kier molecular flexibility index (Phi) is 8.00. The number of hydrogen-bond acceptors (Lipinski definition) is 8. The number of methoxy groups -OCH3 is 2. The van der Waals surface area contributed by atoms with E-state index < -0.39 is 10.3 Å². The fourth-order valence-electron chi connectivity index (χ4n) is 4.44. The first-order valence-electron chi connectivity index (χ1n) is 11.7. The van der Waals surface area contributed by atoms with Crippen LogP contribution in [0.25, 0.3) is 11.3 Å². The molecule has 1 aliphatic heterocycles. The van der Waals surface area contributed by atoms with Gasteiger partial charge in [-0.1, -0.05) is 12.1 Å². The average Bonchev–Trinajstić information content (AvgIpc) is 3.37. The Morgan fingerprint density at radius 1 is 1.08 bits per heavy atom. The van der Waals surface area contributed by atoms with Crippen LogP contribution in [0.5, 0.6) is 17.2 Å². The Morgan fingerprint density at radius 2 is 1.76 bits per heavy atom. The summed E-state index contributed by atoms with van der Waals surface area (Å²) in [5, 5.41) is 4.94. The van der Waals surface area contributed by atoms with Crippen molar-refractivity contribution in [3.63, 3.8) is 0 Å². The number of aromatic nitrogens is 2. The van der Waals surface area contributed by atoms with E-state index in [1.807, 2.05) is 18.2 Å². The highest BCUT2D eigenvalue weighted by Crippen LogP contribution is 2.26. The van der Waals surface area contributed by atoms with Crippen LogP contribution in [-0.4, -0.2) is 74.2 Å². The largest absolute Gasteiger partial charge is 0.497 e. The molecule has 11 nitrogen and oxygen atoms in total. The summed E-state index contributed by atoms with van der Waals surface area (Å²) >= 11 is 0. The van der Waals surface area contributed by atoms with Gasteiger partial charge < -0.3 is 18.6 Å². The van der Waals surface area contributed by atoms with Crippen molar-refractivity contribution in [3.05, 3.63) is 60.6 Å². The number of rotatable bonds is 8. The van der Waals surface area contributed by atoms with Gasteiger partial charge in [0.05, 0.1) is 19.9 Å². The van der Waals surface area contributed by atoms with Gasteiger partial charge in [-0.2, -0.15) is 13.6 Å². The second-order valence-electron chi connectivity index (χ2n) is 8.89. The van der Waals surface area contributed by atoms with Crippen LogP contribution in [0.2, 0.25) is 0 Å². The number of nitrogens with zero attached hydrogens (tertiary/aromatic N) is 4. The van der Waals surface area contributed by atoms with E-state index >= 15 is 0 Å². The zero-order chi connectivity index (χ0) is 26.6. The molecule has 0 bridgehead atoms. The summed E-state index contributed by atoms with van der Waals surface area (Å²) in [4.78, 5) is 21.6. The van der Waals surface area contributed by atoms with Gasteiger partial charge in [0, 0.05) is 50.6 Å². The molecule has 1 aromatic heterocycles. The van der Waals surface area contributed by atoms with Gasteiger partial charge in [-0.3, -0.25) is 9.47 Å². The lowest BCUT2D eigenvalue weighted by Gasteiger charge is -2.36. The van der Waals surface area contributed by atoms with Crippen molar-refractivity contribution < 1.29 is 26.9 Å². The zero-order valence-corrected chi connectivity index (χ0v) is 21.8. The summed E-state index contributed by atoms with van der Waals surface area (Å²) in [6.45, 7) is 2.48. The number of likely N-dealkylation sites (tertiary alicyclic amines) is 1. The van der Waals surface area contributed by atoms with Gasteiger partial charge in [0.2, 0.25) is 0 Å². The number of hydrogen-bond donors (Lipinski definition) is 1. The molecule has 1 fully saturated rings. The Morgan fingerprint density at radius 3 is 2.38 bits per heavy atom.